The molecule has 3 N–H and O–H groups in total. The summed E-state index contributed by atoms with van der Waals surface area (Å²) < 4.78 is 67.7. The van der Waals surface area contributed by atoms with Gasteiger partial charge in [0.2, 0.25) is 0 Å². The zero-order valence-electron chi connectivity index (χ0n) is 51.9. The first kappa shape index (κ1) is 79.1. The van der Waals surface area contributed by atoms with Gasteiger partial charge in [-0.3, -0.25) is 37.3 Å². The van der Waals surface area contributed by atoms with Gasteiger partial charge in [0.1, 0.15) is 19.3 Å². The predicted octanol–water partition coefficient (Wildman–Crippen LogP) is 17.0. The highest BCUT2D eigenvalue weighted by atomic mass is 31.2. The van der Waals surface area contributed by atoms with Crippen LogP contribution in [-0.2, 0) is 65.4 Å². The second-order valence-electron chi connectivity index (χ2n) is 22.9. The summed E-state index contributed by atoms with van der Waals surface area (Å²) >= 11 is 0. The van der Waals surface area contributed by atoms with Gasteiger partial charge in [-0.05, 0) is 31.6 Å². The van der Waals surface area contributed by atoms with Crippen LogP contribution in [0.5, 0.6) is 0 Å². The van der Waals surface area contributed by atoms with Gasteiger partial charge in [0, 0.05) is 25.7 Å². The lowest BCUT2D eigenvalue weighted by Crippen LogP contribution is -2.30. The number of rotatable bonds is 62. The highest BCUT2D eigenvalue weighted by Crippen LogP contribution is 2.45. The molecule has 0 fully saturated rings. The smallest absolute Gasteiger partial charge is 0.462 e. The Hall–Kier alpha value is -1.94. The van der Waals surface area contributed by atoms with Crippen molar-refractivity contribution in [2.24, 2.45) is 5.92 Å². The third-order valence-corrected chi connectivity index (χ3v) is 16.2. The van der Waals surface area contributed by atoms with Crippen LogP contribution in [0.2, 0.25) is 0 Å². The van der Waals surface area contributed by atoms with Gasteiger partial charge in [0.25, 0.3) is 0 Å². The van der Waals surface area contributed by atoms with Crippen LogP contribution < -0.4 is 0 Å². The summed E-state index contributed by atoms with van der Waals surface area (Å²) in [6, 6.07) is 0. The zero-order chi connectivity index (χ0) is 59.9. The average molecular weight is 1200 g/mol. The number of aliphatic hydroxyl groups excluding tert-OH is 1. The van der Waals surface area contributed by atoms with E-state index in [2.05, 4.69) is 34.6 Å². The van der Waals surface area contributed by atoms with Crippen LogP contribution in [0.1, 0.15) is 311 Å². The summed E-state index contributed by atoms with van der Waals surface area (Å²) in [5.41, 5.74) is 0. The number of hydrogen-bond donors (Lipinski definition) is 3. The minimum atomic E-state index is -4.94. The van der Waals surface area contributed by atoms with Crippen molar-refractivity contribution in [1.29, 1.82) is 0 Å². The topological polar surface area (TPSA) is 237 Å². The Labute approximate surface area is 492 Å². The van der Waals surface area contributed by atoms with Gasteiger partial charge in [-0.1, -0.05) is 259 Å². The highest BCUT2D eigenvalue weighted by molar-refractivity contribution is 7.47. The first-order chi connectivity index (χ1) is 39.0. The third-order valence-electron chi connectivity index (χ3n) is 14.3. The van der Waals surface area contributed by atoms with E-state index in [1.165, 1.54) is 128 Å². The quantitative estimate of drug-likeness (QED) is 0.0222. The molecule has 5 atom stereocenters. The van der Waals surface area contributed by atoms with Gasteiger partial charge in [-0.15, -0.1) is 0 Å². The van der Waals surface area contributed by atoms with Gasteiger partial charge >= 0.3 is 39.5 Å². The first-order valence-electron chi connectivity index (χ1n) is 32.6. The fourth-order valence-electron chi connectivity index (χ4n) is 9.23. The Balaban J connectivity index is 5.17. The number of phosphoric acid groups is 2. The van der Waals surface area contributed by atoms with Crippen LogP contribution in [0.25, 0.3) is 0 Å². The minimum Gasteiger partial charge on any atom is -0.462 e. The normalized spacial score (nSPS) is 14.3. The molecule has 0 aromatic carbocycles. The minimum absolute atomic E-state index is 0.105. The summed E-state index contributed by atoms with van der Waals surface area (Å²) in [6.45, 7) is 7.08. The summed E-state index contributed by atoms with van der Waals surface area (Å²) in [5.74, 6) is -1.39. The van der Waals surface area contributed by atoms with E-state index in [-0.39, 0.29) is 25.7 Å². The molecule has 0 saturated heterocycles. The fourth-order valence-corrected chi connectivity index (χ4v) is 10.8. The number of hydrogen-bond acceptors (Lipinski definition) is 15. The number of unbranched alkanes of at least 4 members (excludes halogenated alkanes) is 34. The van der Waals surface area contributed by atoms with Crippen LogP contribution in [0, 0.1) is 5.92 Å². The number of phosphoric ester groups is 2. The summed E-state index contributed by atoms with van der Waals surface area (Å²) in [7, 11) is -9.87. The van der Waals surface area contributed by atoms with Crippen molar-refractivity contribution in [2.45, 2.75) is 329 Å². The Bertz CT molecular complexity index is 1580. The van der Waals surface area contributed by atoms with Gasteiger partial charge in [-0.2, -0.15) is 0 Å². The molecule has 0 heterocycles. The number of ether oxygens (including phenoxy) is 4. The summed E-state index contributed by atoms with van der Waals surface area (Å²) in [4.78, 5) is 71.8. The number of aliphatic hydroxyl groups is 1. The largest absolute Gasteiger partial charge is 0.472 e. The third kappa shape index (κ3) is 56.9. The van der Waals surface area contributed by atoms with E-state index in [1.807, 2.05) is 0 Å². The molecule has 0 amide bonds. The number of carbonyl (C=O) groups excluding carboxylic acids is 4. The van der Waals surface area contributed by atoms with Gasteiger partial charge < -0.3 is 33.8 Å². The summed E-state index contributed by atoms with van der Waals surface area (Å²) in [6.07, 6.45) is 39.2. The molecule has 0 bridgehead atoms. The second-order valence-corrected chi connectivity index (χ2v) is 25.8. The number of esters is 4. The molecule has 0 aromatic heterocycles. The average Bonchev–Trinajstić information content (AvgIpc) is 3.43. The Morgan fingerprint density at radius 2 is 0.568 bits per heavy atom. The van der Waals surface area contributed by atoms with Crippen molar-refractivity contribution in [1.82, 2.24) is 0 Å². The molecule has 0 aliphatic heterocycles. The van der Waals surface area contributed by atoms with Crippen LogP contribution in [0.3, 0.4) is 0 Å². The lowest BCUT2D eigenvalue weighted by atomic mass is 10.0. The molecule has 0 rings (SSSR count). The van der Waals surface area contributed by atoms with E-state index in [4.69, 9.17) is 37.0 Å². The van der Waals surface area contributed by atoms with Crippen molar-refractivity contribution in [3.63, 3.8) is 0 Å². The highest BCUT2D eigenvalue weighted by Gasteiger charge is 2.30. The van der Waals surface area contributed by atoms with Crippen molar-refractivity contribution < 1.29 is 80.2 Å². The molecule has 0 spiro atoms. The SMILES string of the molecule is CCCCCCCCCCCCCCCCC(=O)O[C@H](COC(=O)CCCCCCCCCCCCC(C)C)COP(=O)(O)OC[C@@H](O)COP(=O)(O)OC[C@@H](COC(=O)CCCCCCC)OC(=O)CCCCCCCCCCC. The molecule has 0 aliphatic rings. The van der Waals surface area contributed by atoms with E-state index < -0.39 is 97.5 Å². The molecule has 81 heavy (non-hydrogen) atoms. The lowest BCUT2D eigenvalue weighted by molar-refractivity contribution is -0.161. The van der Waals surface area contributed by atoms with Gasteiger partial charge in [-0.25, -0.2) is 9.13 Å². The number of carbonyl (C=O) groups is 4. The fraction of sp³-hybridized carbons (Fsp3) is 0.935. The molecular formula is C62H120O17P2. The Kier molecular flexibility index (Phi) is 54.6. The van der Waals surface area contributed by atoms with Gasteiger partial charge in [0.05, 0.1) is 26.4 Å². The van der Waals surface area contributed by atoms with E-state index in [9.17, 15) is 43.2 Å². The van der Waals surface area contributed by atoms with Crippen LogP contribution in [0.4, 0.5) is 0 Å². The van der Waals surface area contributed by atoms with Crippen LogP contribution in [-0.4, -0.2) is 96.7 Å². The molecule has 0 aromatic rings. The molecule has 2 unspecified atom stereocenters. The predicted molar refractivity (Wildman–Crippen MR) is 322 cm³/mol. The Morgan fingerprint density at radius 1 is 0.333 bits per heavy atom. The zero-order valence-corrected chi connectivity index (χ0v) is 53.7. The lowest BCUT2D eigenvalue weighted by Gasteiger charge is -2.21. The standard InChI is InChI=1S/C62H120O17P2/c1-6-9-12-15-17-19-20-21-22-23-29-33-38-43-48-62(67)79-58(52-73-60(65)46-41-36-31-28-25-24-27-30-35-39-44-55(4)5)54-77-81(70,71)75-50-56(63)49-74-80(68,69)76-53-57(51-72-59(64)45-40-34-14-11-8-3)78-61(66)47-42-37-32-26-18-16-13-10-7-2/h55-58,63H,6-54H2,1-5H3,(H,68,69)(H,70,71)/t56-,57+,58+/m0/s1. The van der Waals surface area contributed by atoms with Crippen molar-refractivity contribution in [2.75, 3.05) is 39.6 Å². The van der Waals surface area contributed by atoms with E-state index in [0.29, 0.717) is 25.7 Å². The van der Waals surface area contributed by atoms with E-state index >= 15 is 0 Å². The maximum absolute atomic E-state index is 13.0. The Morgan fingerprint density at radius 3 is 0.840 bits per heavy atom. The van der Waals surface area contributed by atoms with Gasteiger partial charge in [0.15, 0.2) is 12.2 Å². The summed E-state index contributed by atoms with van der Waals surface area (Å²) in [5, 5.41) is 10.5. The maximum atomic E-state index is 13.0. The molecule has 19 heteroatoms. The maximum Gasteiger partial charge on any atom is 0.472 e. The molecular weight excluding hydrogens is 1080 g/mol. The van der Waals surface area contributed by atoms with Crippen LogP contribution in [0.15, 0.2) is 0 Å². The molecule has 0 aliphatic carbocycles. The van der Waals surface area contributed by atoms with E-state index in [1.54, 1.807) is 0 Å². The molecule has 0 saturated carbocycles. The first-order valence-corrected chi connectivity index (χ1v) is 35.6. The van der Waals surface area contributed by atoms with E-state index in [0.717, 1.165) is 102 Å². The van der Waals surface area contributed by atoms with Crippen molar-refractivity contribution in [3.05, 3.63) is 0 Å². The monoisotopic (exact) mass is 1200 g/mol. The van der Waals surface area contributed by atoms with Crippen molar-refractivity contribution >= 4 is 39.5 Å². The molecule has 0 radical (unpaired) electrons. The second kappa shape index (κ2) is 55.9. The molecule has 480 valence electrons. The van der Waals surface area contributed by atoms with Crippen LogP contribution >= 0.6 is 15.6 Å². The molecule has 17 nitrogen and oxygen atoms in total. The van der Waals surface area contributed by atoms with Crippen molar-refractivity contribution in [3.8, 4) is 0 Å².